The van der Waals surface area contributed by atoms with Gasteiger partial charge in [-0.25, -0.2) is 0 Å². The van der Waals surface area contributed by atoms with E-state index in [9.17, 15) is 0 Å². The van der Waals surface area contributed by atoms with Gasteiger partial charge in [0.15, 0.2) is 0 Å². The van der Waals surface area contributed by atoms with Gasteiger partial charge in [0.25, 0.3) is 0 Å². The highest BCUT2D eigenvalue weighted by atomic mass is 35.5. The summed E-state index contributed by atoms with van der Waals surface area (Å²) in [6, 6.07) is 8.67. The highest BCUT2D eigenvalue weighted by molar-refractivity contribution is 5.85. The summed E-state index contributed by atoms with van der Waals surface area (Å²) in [6.45, 7) is 2.12. The largest absolute Gasteiger partial charge is 0.375 e. The Kier molecular flexibility index (Phi) is 3.06. The molecule has 3 heteroatoms. The number of fused-ring (bicyclic) bond motifs is 1. The van der Waals surface area contributed by atoms with Gasteiger partial charge in [0.2, 0.25) is 0 Å². The minimum atomic E-state index is 0. The zero-order chi connectivity index (χ0) is 9.42. The van der Waals surface area contributed by atoms with Gasteiger partial charge in [-0.3, -0.25) is 0 Å². The van der Waals surface area contributed by atoms with E-state index in [0.717, 1.165) is 5.82 Å². The molecule has 0 bridgehead atoms. The Morgan fingerprint density at radius 2 is 1.93 bits per heavy atom. The highest BCUT2D eigenvalue weighted by Gasteiger charge is 2.02. The number of benzene rings is 1. The van der Waals surface area contributed by atoms with Crippen molar-refractivity contribution in [3.05, 3.63) is 29.8 Å². The lowest BCUT2D eigenvalue weighted by Gasteiger charge is -2.01. The van der Waals surface area contributed by atoms with Crippen molar-refractivity contribution >= 4 is 29.1 Å². The Labute approximate surface area is 90.3 Å². The minimum absolute atomic E-state index is 0. The van der Waals surface area contributed by atoms with Crippen LogP contribution in [-0.2, 0) is 7.05 Å². The first-order valence-electron chi connectivity index (χ1n) is 4.46. The zero-order valence-electron chi connectivity index (χ0n) is 8.66. The SMILES string of the molecule is CNc1cc2cc(C)ccc2n1C.Cl. The van der Waals surface area contributed by atoms with Crippen LogP contribution in [-0.4, -0.2) is 11.6 Å². The average molecular weight is 211 g/mol. The fourth-order valence-electron chi connectivity index (χ4n) is 1.71. The molecule has 1 aromatic heterocycles. The van der Waals surface area contributed by atoms with Crippen LogP contribution in [0.4, 0.5) is 5.82 Å². The Balaban J connectivity index is 0.000000980. The number of halogens is 1. The zero-order valence-corrected chi connectivity index (χ0v) is 9.48. The number of rotatable bonds is 1. The number of aromatic nitrogens is 1. The van der Waals surface area contributed by atoms with Crippen molar-refractivity contribution in [3.63, 3.8) is 0 Å². The molecule has 0 fully saturated rings. The molecule has 0 saturated carbocycles. The molecule has 0 aliphatic heterocycles. The summed E-state index contributed by atoms with van der Waals surface area (Å²) >= 11 is 0. The summed E-state index contributed by atoms with van der Waals surface area (Å²) in [7, 11) is 4.02. The van der Waals surface area contributed by atoms with Crippen LogP contribution >= 0.6 is 12.4 Å². The molecule has 1 aromatic carbocycles. The molecule has 14 heavy (non-hydrogen) atoms. The van der Waals surface area contributed by atoms with Crippen LogP contribution in [0.25, 0.3) is 10.9 Å². The first kappa shape index (κ1) is 10.9. The third kappa shape index (κ3) is 1.58. The van der Waals surface area contributed by atoms with Crippen LogP contribution in [0.15, 0.2) is 24.3 Å². The molecular formula is C11H15ClN2. The first-order valence-corrected chi connectivity index (χ1v) is 4.46. The van der Waals surface area contributed by atoms with Crippen LogP contribution in [0.1, 0.15) is 5.56 Å². The first-order chi connectivity index (χ1) is 6.22. The summed E-state index contributed by atoms with van der Waals surface area (Å²) in [6.07, 6.45) is 0. The molecular weight excluding hydrogens is 196 g/mol. The van der Waals surface area contributed by atoms with Gasteiger partial charge >= 0.3 is 0 Å². The Bertz CT molecular complexity index is 446. The van der Waals surface area contributed by atoms with E-state index in [1.54, 1.807) is 0 Å². The number of nitrogens with one attached hydrogen (secondary N) is 1. The van der Waals surface area contributed by atoms with Crippen LogP contribution in [0, 0.1) is 6.92 Å². The van der Waals surface area contributed by atoms with Crippen molar-refractivity contribution in [2.45, 2.75) is 6.92 Å². The molecule has 0 radical (unpaired) electrons. The van der Waals surface area contributed by atoms with Crippen molar-refractivity contribution < 1.29 is 0 Å². The number of hydrogen-bond donors (Lipinski definition) is 1. The Morgan fingerprint density at radius 3 is 2.57 bits per heavy atom. The smallest absolute Gasteiger partial charge is 0.106 e. The van der Waals surface area contributed by atoms with Crippen LogP contribution < -0.4 is 5.32 Å². The average Bonchev–Trinajstić information content (AvgIpc) is 2.42. The van der Waals surface area contributed by atoms with Crippen LogP contribution in [0.5, 0.6) is 0 Å². The van der Waals surface area contributed by atoms with Gasteiger partial charge in [-0.1, -0.05) is 11.6 Å². The van der Waals surface area contributed by atoms with E-state index in [1.165, 1.54) is 16.5 Å². The molecule has 0 atom stereocenters. The van der Waals surface area contributed by atoms with E-state index in [-0.39, 0.29) is 12.4 Å². The second kappa shape index (κ2) is 3.93. The number of anilines is 1. The molecule has 0 saturated heterocycles. The standard InChI is InChI=1S/C11H14N2.ClH/c1-8-4-5-10-9(6-8)7-11(12-2)13(10)3;/h4-7,12H,1-3H3;1H. The van der Waals surface area contributed by atoms with E-state index in [2.05, 4.69) is 48.1 Å². The van der Waals surface area contributed by atoms with Crippen molar-refractivity contribution in [2.75, 3.05) is 12.4 Å². The van der Waals surface area contributed by atoms with Crippen molar-refractivity contribution in [3.8, 4) is 0 Å². The van der Waals surface area contributed by atoms with E-state index < -0.39 is 0 Å². The highest BCUT2D eigenvalue weighted by Crippen LogP contribution is 2.22. The van der Waals surface area contributed by atoms with E-state index >= 15 is 0 Å². The third-order valence-corrected chi connectivity index (χ3v) is 2.45. The predicted octanol–water partition coefficient (Wildman–Crippen LogP) is 2.95. The molecule has 2 rings (SSSR count). The monoisotopic (exact) mass is 210 g/mol. The normalized spacial score (nSPS) is 9.93. The van der Waals surface area contributed by atoms with Crippen molar-refractivity contribution in [1.29, 1.82) is 0 Å². The number of hydrogen-bond acceptors (Lipinski definition) is 1. The Hall–Kier alpha value is -1.15. The molecule has 0 aliphatic carbocycles. The lowest BCUT2D eigenvalue weighted by atomic mass is 10.2. The van der Waals surface area contributed by atoms with Gasteiger partial charge in [0, 0.05) is 25.0 Å². The quantitative estimate of drug-likeness (QED) is 0.766. The summed E-state index contributed by atoms with van der Waals surface area (Å²) < 4.78 is 2.16. The number of aryl methyl sites for hydroxylation is 2. The molecule has 0 aliphatic rings. The summed E-state index contributed by atoms with van der Waals surface area (Å²) in [4.78, 5) is 0. The molecule has 0 amide bonds. The van der Waals surface area contributed by atoms with Gasteiger partial charge in [0.05, 0.1) is 0 Å². The summed E-state index contributed by atoms with van der Waals surface area (Å²) in [5, 5.41) is 4.47. The third-order valence-electron chi connectivity index (χ3n) is 2.45. The molecule has 2 aromatic rings. The minimum Gasteiger partial charge on any atom is -0.375 e. The molecule has 0 spiro atoms. The predicted molar refractivity (Wildman–Crippen MR) is 64.5 cm³/mol. The fourth-order valence-corrected chi connectivity index (χ4v) is 1.71. The van der Waals surface area contributed by atoms with Crippen LogP contribution in [0.2, 0.25) is 0 Å². The topological polar surface area (TPSA) is 17.0 Å². The maximum atomic E-state index is 3.17. The second-order valence-corrected chi connectivity index (χ2v) is 3.40. The van der Waals surface area contributed by atoms with Crippen LogP contribution in [0.3, 0.4) is 0 Å². The lowest BCUT2D eigenvalue weighted by Crippen LogP contribution is -1.95. The Morgan fingerprint density at radius 1 is 1.21 bits per heavy atom. The molecule has 1 heterocycles. The summed E-state index contributed by atoms with van der Waals surface area (Å²) in [5.41, 5.74) is 2.58. The van der Waals surface area contributed by atoms with Gasteiger partial charge < -0.3 is 9.88 Å². The van der Waals surface area contributed by atoms with Gasteiger partial charge in [-0.15, -0.1) is 12.4 Å². The maximum absolute atomic E-state index is 3.17. The van der Waals surface area contributed by atoms with Gasteiger partial charge in [0.1, 0.15) is 5.82 Å². The molecule has 76 valence electrons. The summed E-state index contributed by atoms with van der Waals surface area (Å²) in [5.74, 6) is 1.15. The maximum Gasteiger partial charge on any atom is 0.106 e. The molecule has 2 nitrogen and oxygen atoms in total. The van der Waals surface area contributed by atoms with Crippen molar-refractivity contribution in [2.24, 2.45) is 7.05 Å². The van der Waals surface area contributed by atoms with E-state index in [1.807, 2.05) is 7.05 Å². The second-order valence-electron chi connectivity index (χ2n) is 3.40. The van der Waals surface area contributed by atoms with Gasteiger partial charge in [-0.2, -0.15) is 0 Å². The lowest BCUT2D eigenvalue weighted by molar-refractivity contribution is 0.972. The van der Waals surface area contributed by atoms with E-state index in [4.69, 9.17) is 0 Å². The number of nitrogens with zero attached hydrogens (tertiary/aromatic N) is 1. The van der Waals surface area contributed by atoms with Gasteiger partial charge in [-0.05, 0) is 25.1 Å². The molecule has 0 unspecified atom stereocenters. The van der Waals surface area contributed by atoms with Crippen molar-refractivity contribution in [1.82, 2.24) is 4.57 Å². The fraction of sp³-hybridized carbons (Fsp3) is 0.273. The molecule has 1 N–H and O–H groups in total. The van der Waals surface area contributed by atoms with E-state index in [0.29, 0.717) is 0 Å².